The summed E-state index contributed by atoms with van der Waals surface area (Å²) >= 11 is 0. The topological polar surface area (TPSA) is 62.7 Å². The maximum atomic E-state index is 4.72. The Bertz CT molecular complexity index is 751. The maximum Gasteiger partial charge on any atom is 0.228 e. The first-order chi connectivity index (χ1) is 18.8. The lowest BCUT2D eigenvalue weighted by Crippen LogP contribution is -2.12. The molecule has 0 spiro atoms. The molecule has 38 heavy (non-hydrogen) atoms. The lowest BCUT2D eigenvalue weighted by atomic mass is 10.1. The average molecular weight is 524 g/mol. The molecular formula is C33H57N5. The molecule has 214 valence electrons. The van der Waals surface area contributed by atoms with Crippen LogP contribution in [0.1, 0.15) is 142 Å². The third-order valence-electron chi connectivity index (χ3n) is 7.29. The van der Waals surface area contributed by atoms with E-state index in [9.17, 15) is 0 Å². The summed E-state index contributed by atoms with van der Waals surface area (Å²) in [6.45, 7) is 6.38. The average Bonchev–Trinajstić information content (AvgIpc) is 2.95. The zero-order chi connectivity index (χ0) is 26.9. The molecular weight excluding hydrogens is 466 g/mol. The van der Waals surface area contributed by atoms with E-state index < -0.39 is 0 Å². The van der Waals surface area contributed by atoms with E-state index in [4.69, 9.17) is 9.97 Å². The van der Waals surface area contributed by atoms with E-state index in [1.54, 1.807) is 0 Å². The number of rotatable bonds is 25. The smallest absolute Gasteiger partial charge is 0.228 e. The molecule has 2 N–H and O–H groups in total. The van der Waals surface area contributed by atoms with E-state index in [1.807, 2.05) is 18.2 Å². The Morgan fingerprint density at radius 3 is 1.21 bits per heavy atom. The molecule has 5 heteroatoms. The Labute approximate surface area is 234 Å². The van der Waals surface area contributed by atoms with E-state index in [0.29, 0.717) is 11.9 Å². The van der Waals surface area contributed by atoms with Crippen LogP contribution in [0.2, 0.25) is 0 Å². The molecule has 0 saturated heterocycles. The van der Waals surface area contributed by atoms with Gasteiger partial charge in [-0.15, -0.1) is 0 Å². The van der Waals surface area contributed by atoms with Crippen LogP contribution < -0.4 is 10.6 Å². The molecule has 1 aromatic heterocycles. The molecule has 0 fully saturated rings. The lowest BCUT2D eigenvalue weighted by Gasteiger charge is -2.11. The predicted molar refractivity (Wildman–Crippen MR) is 166 cm³/mol. The van der Waals surface area contributed by atoms with Crippen LogP contribution in [0, 0.1) is 0 Å². The van der Waals surface area contributed by atoms with Crippen molar-refractivity contribution >= 4 is 11.9 Å². The maximum absolute atomic E-state index is 4.72. The van der Waals surface area contributed by atoms with Crippen LogP contribution in [-0.4, -0.2) is 28.0 Å². The van der Waals surface area contributed by atoms with Crippen molar-refractivity contribution in [2.24, 2.45) is 0 Å². The SMILES string of the molecule is CCCCCCCCCCCCNc1nc(NCCCCCCCCCCCC)nc(-c2ccccc2)n1. The van der Waals surface area contributed by atoms with Crippen molar-refractivity contribution < 1.29 is 0 Å². The molecule has 0 radical (unpaired) electrons. The van der Waals surface area contributed by atoms with Gasteiger partial charge in [0.2, 0.25) is 11.9 Å². The van der Waals surface area contributed by atoms with Gasteiger partial charge in [-0.05, 0) is 12.8 Å². The number of aromatic nitrogens is 3. The molecule has 0 unspecified atom stereocenters. The first-order valence-corrected chi connectivity index (χ1v) is 16.1. The highest BCUT2D eigenvalue weighted by molar-refractivity contribution is 5.57. The highest BCUT2D eigenvalue weighted by atomic mass is 15.2. The third-order valence-corrected chi connectivity index (χ3v) is 7.29. The molecule has 2 aromatic rings. The van der Waals surface area contributed by atoms with Crippen molar-refractivity contribution in [3.8, 4) is 11.4 Å². The van der Waals surface area contributed by atoms with Gasteiger partial charge in [0.1, 0.15) is 0 Å². The van der Waals surface area contributed by atoms with Crippen molar-refractivity contribution in [3.05, 3.63) is 30.3 Å². The number of hydrogen-bond donors (Lipinski definition) is 2. The number of hydrogen-bond acceptors (Lipinski definition) is 5. The Balaban J connectivity index is 1.68. The molecule has 0 atom stereocenters. The van der Waals surface area contributed by atoms with Gasteiger partial charge in [0.25, 0.3) is 0 Å². The molecule has 0 aliphatic heterocycles. The van der Waals surface area contributed by atoms with Crippen LogP contribution in [0.5, 0.6) is 0 Å². The fraction of sp³-hybridized carbons (Fsp3) is 0.727. The third kappa shape index (κ3) is 15.9. The lowest BCUT2D eigenvalue weighted by molar-refractivity contribution is 0.559. The van der Waals surface area contributed by atoms with Crippen molar-refractivity contribution in [1.29, 1.82) is 0 Å². The van der Waals surface area contributed by atoms with Crippen LogP contribution in [0.25, 0.3) is 11.4 Å². The molecule has 2 rings (SSSR count). The van der Waals surface area contributed by atoms with Crippen LogP contribution in [-0.2, 0) is 0 Å². The minimum atomic E-state index is 0.681. The molecule has 0 amide bonds. The van der Waals surface area contributed by atoms with E-state index >= 15 is 0 Å². The Hall–Kier alpha value is -2.17. The number of nitrogens with zero attached hydrogens (tertiary/aromatic N) is 3. The van der Waals surface area contributed by atoms with E-state index in [0.717, 1.165) is 37.3 Å². The molecule has 1 heterocycles. The Morgan fingerprint density at radius 1 is 0.447 bits per heavy atom. The van der Waals surface area contributed by atoms with Crippen LogP contribution in [0.15, 0.2) is 30.3 Å². The molecule has 0 bridgehead atoms. The van der Waals surface area contributed by atoms with E-state index in [1.165, 1.54) is 116 Å². The summed E-state index contributed by atoms with van der Waals surface area (Å²) < 4.78 is 0. The van der Waals surface area contributed by atoms with Gasteiger partial charge in [-0.3, -0.25) is 0 Å². The highest BCUT2D eigenvalue weighted by Gasteiger charge is 2.08. The first-order valence-electron chi connectivity index (χ1n) is 16.1. The number of anilines is 2. The van der Waals surface area contributed by atoms with Gasteiger partial charge in [-0.25, -0.2) is 0 Å². The van der Waals surface area contributed by atoms with Gasteiger partial charge in [0, 0.05) is 18.7 Å². The quantitative estimate of drug-likeness (QED) is 0.127. The largest absolute Gasteiger partial charge is 0.354 e. The van der Waals surface area contributed by atoms with Gasteiger partial charge in [0.15, 0.2) is 5.82 Å². The van der Waals surface area contributed by atoms with E-state index in [-0.39, 0.29) is 0 Å². The molecule has 1 aromatic carbocycles. The van der Waals surface area contributed by atoms with Crippen LogP contribution >= 0.6 is 0 Å². The van der Waals surface area contributed by atoms with Gasteiger partial charge in [-0.2, -0.15) is 15.0 Å². The van der Waals surface area contributed by atoms with Crippen molar-refractivity contribution in [2.75, 3.05) is 23.7 Å². The van der Waals surface area contributed by atoms with Gasteiger partial charge in [-0.1, -0.05) is 160 Å². The first kappa shape index (κ1) is 32.0. The van der Waals surface area contributed by atoms with Crippen molar-refractivity contribution in [1.82, 2.24) is 15.0 Å². The minimum absolute atomic E-state index is 0.681. The van der Waals surface area contributed by atoms with Crippen LogP contribution in [0.4, 0.5) is 11.9 Å². The summed E-state index contributed by atoms with van der Waals surface area (Å²) in [5.41, 5.74) is 1.03. The minimum Gasteiger partial charge on any atom is -0.354 e. The zero-order valence-corrected chi connectivity index (χ0v) is 24.8. The van der Waals surface area contributed by atoms with Gasteiger partial charge >= 0.3 is 0 Å². The summed E-state index contributed by atoms with van der Waals surface area (Å²) in [4.78, 5) is 14.1. The summed E-state index contributed by atoms with van der Waals surface area (Å²) in [5.74, 6) is 2.09. The number of benzene rings is 1. The monoisotopic (exact) mass is 523 g/mol. The Morgan fingerprint density at radius 2 is 0.816 bits per heavy atom. The zero-order valence-electron chi connectivity index (χ0n) is 24.8. The predicted octanol–water partition coefficient (Wildman–Crippen LogP) is 10.2. The second-order valence-corrected chi connectivity index (χ2v) is 10.9. The van der Waals surface area contributed by atoms with Gasteiger partial charge in [0.05, 0.1) is 0 Å². The Kier molecular flexibility index (Phi) is 19.2. The summed E-state index contributed by atoms with van der Waals surface area (Å²) in [5, 5.41) is 6.92. The van der Waals surface area contributed by atoms with Crippen molar-refractivity contribution in [2.45, 2.75) is 142 Å². The summed E-state index contributed by atoms with van der Waals surface area (Å²) in [6, 6.07) is 10.2. The molecule has 0 saturated carbocycles. The number of nitrogens with one attached hydrogen (secondary N) is 2. The second-order valence-electron chi connectivity index (χ2n) is 10.9. The van der Waals surface area contributed by atoms with E-state index in [2.05, 4.69) is 41.6 Å². The molecule has 0 aliphatic rings. The second kappa shape index (κ2) is 22.8. The summed E-state index contributed by atoms with van der Waals surface area (Å²) in [7, 11) is 0. The van der Waals surface area contributed by atoms with Gasteiger partial charge < -0.3 is 10.6 Å². The van der Waals surface area contributed by atoms with Crippen molar-refractivity contribution in [3.63, 3.8) is 0 Å². The fourth-order valence-electron chi connectivity index (χ4n) is 4.88. The standard InChI is InChI=1S/C33H57N5/c1-3-5-7-9-11-13-15-17-19-24-28-34-32-36-31(30-26-22-21-23-27-30)37-33(38-32)35-29-25-20-18-16-14-12-10-8-6-4-2/h21-23,26-27H,3-20,24-25,28-29H2,1-2H3,(H2,34,35,36,37,38). The normalized spacial score (nSPS) is 11.1. The van der Waals surface area contributed by atoms with Crippen LogP contribution in [0.3, 0.4) is 0 Å². The molecule has 5 nitrogen and oxygen atoms in total. The summed E-state index contributed by atoms with van der Waals surface area (Å²) in [6.07, 6.45) is 26.9. The highest BCUT2D eigenvalue weighted by Crippen LogP contribution is 2.18. The molecule has 0 aliphatic carbocycles. The number of unbranched alkanes of at least 4 members (excludes halogenated alkanes) is 18. The fourth-order valence-corrected chi connectivity index (χ4v) is 4.88.